The molecule has 0 saturated carbocycles. The largest absolute Gasteiger partial charge is 0.475 e. The Balaban J connectivity index is 1.48. The number of hydrogen-bond acceptors (Lipinski definition) is 10. The highest BCUT2D eigenvalue weighted by atomic mass is 31.2. The summed E-state index contributed by atoms with van der Waals surface area (Å²) < 4.78 is 28.7. The van der Waals surface area contributed by atoms with Crippen molar-refractivity contribution >= 4 is 30.8 Å². The molecule has 0 N–H and O–H groups in total. The van der Waals surface area contributed by atoms with E-state index in [9.17, 15) is 34.4 Å². The molecule has 0 spiro atoms. The van der Waals surface area contributed by atoms with Crippen LogP contribution in [0.3, 0.4) is 0 Å². The summed E-state index contributed by atoms with van der Waals surface area (Å²) in [6.07, 6.45) is 0. The lowest BCUT2D eigenvalue weighted by Gasteiger charge is -2.17. The van der Waals surface area contributed by atoms with E-state index in [4.69, 9.17) is 13.6 Å². The van der Waals surface area contributed by atoms with E-state index >= 15 is 0 Å². The highest BCUT2D eigenvalue weighted by Gasteiger charge is 2.29. The zero-order valence-corrected chi connectivity index (χ0v) is 24.8. The third-order valence-corrected chi connectivity index (χ3v) is 8.00. The predicted octanol–water partition coefficient (Wildman–Crippen LogP) is 7.31. The van der Waals surface area contributed by atoms with Crippen molar-refractivity contribution in [1.29, 1.82) is 0 Å². The van der Waals surface area contributed by atoms with Crippen LogP contribution in [0, 0.1) is 34.1 Å². The van der Waals surface area contributed by atoms with Crippen LogP contribution in [0.5, 0.6) is 0 Å². The number of carbonyl (C=O) groups excluding carboxylic acids is 2. The number of aryl methyl sites for hydroxylation is 2. The summed E-state index contributed by atoms with van der Waals surface area (Å²) in [5.41, 5.74) is 4.01. The molecule has 4 aromatic rings. The van der Waals surface area contributed by atoms with Crippen LogP contribution in [0.2, 0.25) is 0 Å². The molecule has 13 heteroatoms. The van der Waals surface area contributed by atoms with Crippen LogP contribution in [0.15, 0.2) is 84.9 Å². The lowest BCUT2D eigenvalue weighted by Crippen LogP contribution is -2.14. The van der Waals surface area contributed by atoms with E-state index in [1.165, 1.54) is 48.5 Å². The standard InChI is InChI=1S/C31H27N2O10P/c1-20-4-14-26(28(16-20)22-6-10-24(11-7-22)32(36)37)30(34)18-42-44(40,41-3)43-19-31(35)27-15-5-21(2)17-29(27)23-8-12-25(13-9-23)33(38)39/h4-17H,18-19H2,1-3H3. The van der Waals surface area contributed by atoms with E-state index < -0.39 is 42.4 Å². The lowest BCUT2D eigenvalue weighted by molar-refractivity contribution is -0.385. The van der Waals surface area contributed by atoms with Crippen molar-refractivity contribution in [1.82, 2.24) is 0 Å². The topological polar surface area (TPSA) is 165 Å². The van der Waals surface area contributed by atoms with Gasteiger partial charge in [-0.25, -0.2) is 4.57 Å². The summed E-state index contributed by atoms with van der Waals surface area (Å²) in [4.78, 5) is 47.4. The Labute approximate surface area is 252 Å². The molecule has 0 aliphatic heterocycles. The predicted molar refractivity (Wildman–Crippen MR) is 162 cm³/mol. The first-order chi connectivity index (χ1) is 20.9. The Hall–Kier alpha value is -4.87. The third kappa shape index (κ3) is 7.55. The Morgan fingerprint density at radius 1 is 0.659 bits per heavy atom. The molecule has 226 valence electrons. The minimum Gasteiger partial charge on any atom is -0.292 e. The molecule has 0 unspecified atom stereocenters. The first-order valence-corrected chi connectivity index (χ1v) is 14.6. The van der Waals surface area contributed by atoms with E-state index in [2.05, 4.69) is 0 Å². The molecule has 0 bridgehead atoms. The van der Waals surface area contributed by atoms with Crippen LogP contribution in [0.25, 0.3) is 22.3 Å². The summed E-state index contributed by atoms with van der Waals surface area (Å²) >= 11 is 0. The highest BCUT2D eigenvalue weighted by Crippen LogP contribution is 2.49. The number of nitro groups is 2. The van der Waals surface area contributed by atoms with Gasteiger partial charge in [0, 0.05) is 42.5 Å². The number of nitro benzene ring substituents is 2. The Morgan fingerprint density at radius 3 is 1.34 bits per heavy atom. The van der Waals surface area contributed by atoms with Gasteiger partial charge in [0.1, 0.15) is 13.2 Å². The molecule has 0 aromatic heterocycles. The monoisotopic (exact) mass is 618 g/mol. The Bertz CT molecular complexity index is 1660. The minimum absolute atomic E-state index is 0.101. The van der Waals surface area contributed by atoms with Crippen LogP contribution in [0.1, 0.15) is 31.8 Å². The maximum atomic E-state index is 13.2. The second-order valence-electron chi connectivity index (χ2n) is 9.73. The van der Waals surface area contributed by atoms with E-state index in [0.29, 0.717) is 22.3 Å². The molecule has 0 atom stereocenters. The number of benzene rings is 4. The van der Waals surface area contributed by atoms with Crippen molar-refractivity contribution < 1.29 is 37.6 Å². The maximum absolute atomic E-state index is 13.2. The average molecular weight is 619 g/mol. The molecular weight excluding hydrogens is 591 g/mol. The molecule has 0 heterocycles. The van der Waals surface area contributed by atoms with Crippen molar-refractivity contribution in [3.05, 3.63) is 127 Å². The van der Waals surface area contributed by atoms with Crippen molar-refractivity contribution in [3.8, 4) is 22.3 Å². The van der Waals surface area contributed by atoms with Gasteiger partial charge in [0.05, 0.1) is 9.85 Å². The fraction of sp³-hybridized carbons (Fsp3) is 0.161. The van der Waals surface area contributed by atoms with Gasteiger partial charge >= 0.3 is 7.82 Å². The number of Topliss-reactive ketones (excluding diaryl/α,β-unsaturated/α-hetero) is 2. The summed E-state index contributed by atoms with van der Waals surface area (Å²) in [6.45, 7) is 2.23. The van der Waals surface area contributed by atoms with Crippen LogP contribution in [0.4, 0.5) is 11.4 Å². The van der Waals surface area contributed by atoms with Gasteiger partial charge in [0.25, 0.3) is 11.4 Å². The van der Waals surface area contributed by atoms with E-state index in [1.807, 2.05) is 13.8 Å². The SMILES string of the molecule is COP(=O)(OCC(=O)c1ccc(C)cc1-c1ccc([N+](=O)[O-])cc1)OCC(=O)c1ccc(C)cc1-c1ccc([N+](=O)[O-])cc1. The lowest BCUT2D eigenvalue weighted by atomic mass is 9.95. The molecule has 4 aromatic carbocycles. The van der Waals surface area contributed by atoms with E-state index in [0.717, 1.165) is 18.2 Å². The molecule has 0 radical (unpaired) electrons. The number of phosphoric ester groups is 1. The number of ketones is 2. The van der Waals surface area contributed by atoms with Crippen LogP contribution in [-0.2, 0) is 18.1 Å². The minimum atomic E-state index is -4.37. The molecule has 0 saturated heterocycles. The van der Waals surface area contributed by atoms with Gasteiger partial charge in [-0.05, 0) is 60.4 Å². The number of hydrogen-bond donors (Lipinski definition) is 0. The van der Waals surface area contributed by atoms with Crippen molar-refractivity contribution in [3.63, 3.8) is 0 Å². The van der Waals surface area contributed by atoms with Crippen molar-refractivity contribution in [2.24, 2.45) is 0 Å². The number of carbonyl (C=O) groups is 2. The molecule has 0 fully saturated rings. The van der Waals surface area contributed by atoms with Gasteiger partial charge in [-0.2, -0.15) is 0 Å². The number of nitrogens with zero attached hydrogens (tertiary/aromatic N) is 2. The fourth-order valence-electron chi connectivity index (χ4n) is 4.38. The van der Waals surface area contributed by atoms with Crippen LogP contribution < -0.4 is 0 Å². The molecule has 0 aliphatic rings. The second kappa shape index (κ2) is 13.6. The normalized spacial score (nSPS) is 11.2. The number of rotatable bonds is 13. The van der Waals surface area contributed by atoms with Gasteiger partial charge in [0.2, 0.25) is 0 Å². The number of non-ortho nitro benzene ring substituents is 2. The van der Waals surface area contributed by atoms with Gasteiger partial charge in [-0.1, -0.05) is 47.5 Å². The van der Waals surface area contributed by atoms with Crippen LogP contribution >= 0.6 is 7.82 Å². The molecular formula is C31H27N2O10P. The third-order valence-electron chi connectivity index (χ3n) is 6.66. The average Bonchev–Trinajstić information content (AvgIpc) is 3.02. The van der Waals surface area contributed by atoms with E-state index in [1.54, 1.807) is 36.4 Å². The summed E-state index contributed by atoms with van der Waals surface area (Å²) in [6, 6.07) is 21.4. The molecule has 0 amide bonds. The summed E-state index contributed by atoms with van der Waals surface area (Å²) in [5, 5.41) is 22.1. The summed E-state index contributed by atoms with van der Waals surface area (Å²) in [5.74, 6) is -1.13. The Morgan fingerprint density at radius 2 is 1.02 bits per heavy atom. The fourth-order valence-corrected chi connectivity index (χ4v) is 5.22. The zero-order chi connectivity index (χ0) is 32.0. The van der Waals surface area contributed by atoms with Gasteiger partial charge in [-0.3, -0.25) is 43.4 Å². The molecule has 12 nitrogen and oxygen atoms in total. The van der Waals surface area contributed by atoms with Crippen LogP contribution in [-0.4, -0.2) is 41.7 Å². The smallest absolute Gasteiger partial charge is 0.292 e. The zero-order valence-electron chi connectivity index (χ0n) is 23.9. The van der Waals surface area contributed by atoms with Crippen molar-refractivity contribution in [2.75, 3.05) is 20.3 Å². The quantitative estimate of drug-likeness (QED) is 0.0642. The van der Waals surface area contributed by atoms with Crippen molar-refractivity contribution in [2.45, 2.75) is 13.8 Å². The van der Waals surface area contributed by atoms with Gasteiger partial charge in [0.15, 0.2) is 11.6 Å². The van der Waals surface area contributed by atoms with E-state index in [-0.39, 0.29) is 22.5 Å². The maximum Gasteiger partial charge on any atom is 0.475 e. The second-order valence-corrected chi connectivity index (χ2v) is 11.5. The first-order valence-electron chi connectivity index (χ1n) is 13.1. The molecule has 4 rings (SSSR count). The Kier molecular flexibility index (Phi) is 9.92. The summed E-state index contributed by atoms with van der Waals surface area (Å²) in [7, 11) is -3.32. The molecule has 44 heavy (non-hydrogen) atoms. The first kappa shape index (κ1) is 32.1. The highest BCUT2D eigenvalue weighted by molar-refractivity contribution is 7.48. The molecule has 0 aliphatic carbocycles. The van der Waals surface area contributed by atoms with Gasteiger partial charge < -0.3 is 0 Å². The van der Waals surface area contributed by atoms with Gasteiger partial charge in [-0.15, -0.1) is 0 Å². The number of phosphoric acid groups is 1.